The topological polar surface area (TPSA) is 74.5 Å². The molecular weight excluding hydrogens is 236 g/mol. The van der Waals surface area contributed by atoms with Crippen molar-refractivity contribution in [2.45, 2.75) is 0 Å². The van der Waals surface area contributed by atoms with E-state index < -0.39 is 4.92 Å². The van der Waals surface area contributed by atoms with E-state index in [1.807, 2.05) is 0 Å². The third-order valence-corrected chi connectivity index (χ3v) is 2.15. The Hall–Kier alpha value is -2.63. The number of pyridine rings is 1. The van der Waals surface area contributed by atoms with E-state index >= 15 is 0 Å². The molecule has 6 nitrogen and oxygen atoms in total. The number of methoxy groups -OCH3 is 1. The van der Waals surface area contributed by atoms with Gasteiger partial charge in [0.2, 0.25) is 5.88 Å². The Bertz CT molecular complexity index is 554. The molecule has 0 fully saturated rings. The van der Waals surface area contributed by atoms with Crippen LogP contribution in [0.15, 0.2) is 36.5 Å². The molecule has 0 N–H and O–H groups in total. The van der Waals surface area contributed by atoms with Gasteiger partial charge in [0, 0.05) is 12.1 Å². The summed E-state index contributed by atoms with van der Waals surface area (Å²) in [6, 6.07) is 10.6. The van der Waals surface area contributed by atoms with Gasteiger partial charge in [0.05, 0.1) is 12.0 Å². The maximum atomic E-state index is 10.5. The van der Waals surface area contributed by atoms with Crippen molar-refractivity contribution in [2.75, 3.05) is 7.11 Å². The van der Waals surface area contributed by atoms with Crippen molar-refractivity contribution in [3.05, 3.63) is 52.7 Å². The Morgan fingerprint density at radius 1 is 1.33 bits per heavy atom. The third-order valence-electron chi connectivity index (χ3n) is 2.15. The van der Waals surface area contributed by atoms with Crippen LogP contribution in [0.5, 0.6) is 17.4 Å². The number of aromatic nitrogens is 1. The summed E-state index contributed by atoms with van der Waals surface area (Å²) in [5.41, 5.74) is -0.0873. The lowest BCUT2D eigenvalue weighted by atomic mass is 10.3. The Balaban J connectivity index is 2.21. The second-order valence-corrected chi connectivity index (χ2v) is 3.29. The molecule has 1 aromatic carbocycles. The molecule has 1 radical (unpaired) electrons. The highest BCUT2D eigenvalue weighted by Gasteiger charge is 2.08. The van der Waals surface area contributed by atoms with E-state index in [9.17, 15) is 10.1 Å². The molecule has 0 saturated heterocycles. The van der Waals surface area contributed by atoms with Crippen molar-refractivity contribution < 1.29 is 14.4 Å². The maximum absolute atomic E-state index is 10.5. The van der Waals surface area contributed by atoms with Gasteiger partial charge in [-0.25, -0.2) is 4.98 Å². The first kappa shape index (κ1) is 11.8. The molecule has 0 saturated carbocycles. The van der Waals surface area contributed by atoms with Gasteiger partial charge in [-0.1, -0.05) is 6.07 Å². The molecule has 6 heteroatoms. The van der Waals surface area contributed by atoms with E-state index in [0.717, 1.165) is 6.20 Å². The Kier molecular flexibility index (Phi) is 3.38. The fourth-order valence-electron chi connectivity index (χ4n) is 1.30. The summed E-state index contributed by atoms with van der Waals surface area (Å²) in [6.07, 6.45) is 1.14. The maximum Gasteiger partial charge on any atom is 0.287 e. The number of nitro groups is 1. The summed E-state index contributed by atoms with van der Waals surface area (Å²) in [5.74, 6) is 1.24. The quantitative estimate of drug-likeness (QED) is 0.611. The molecule has 0 aliphatic heterocycles. The number of ether oxygens (including phenoxy) is 2. The number of hydrogen-bond acceptors (Lipinski definition) is 5. The van der Waals surface area contributed by atoms with E-state index in [0.29, 0.717) is 11.5 Å². The van der Waals surface area contributed by atoms with Crippen molar-refractivity contribution in [3.63, 3.8) is 0 Å². The fraction of sp³-hybridized carbons (Fsp3) is 0.0833. The molecule has 1 heterocycles. The Morgan fingerprint density at radius 2 is 2.17 bits per heavy atom. The van der Waals surface area contributed by atoms with Gasteiger partial charge in [-0.05, 0) is 18.2 Å². The van der Waals surface area contributed by atoms with Gasteiger partial charge in [0.1, 0.15) is 6.20 Å². The van der Waals surface area contributed by atoms with E-state index in [2.05, 4.69) is 11.1 Å². The summed E-state index contributed by atoms with van der Waals surface area (Å²) < 4.78 is 10.5. The van der Waals surface area contributed by atoms with Crippen molar-refractivity contribution in [1.82, 2.24) is 4.98 Å². The second-order valence-electron chi connectivity index (χ2n) is 3.29. The molecule has 0 bridgehead atoms. The Labute approximate surface area is 103 Å². The number of nitrogens with zero attached hydrogens (tertiary/aromatic N) is 2. The summed E-state index contributed by atoms with van der Waals surface area (Å²) in [4.78, 5) is 13.8. The standard InChI is InChI=1S/C12H9N2O4/c1-17-10-4-2-3-5-11(10)18-12-7-6-9(8-13-12)14(15)16/h3-8H,1H3. The van der Waals surface area contributed by atoms with Crippen LogP contribution < -0.4 is 9.47 Å². The zero-order valence-corrected chi connectivity index (χ0v) is 9.49. The van der Waals surface area contributed by atoms with Crippen LogP contribution in [0, 0.1) is 16.2 Å². The lowest BCUT2D eigenvalue weighted by Gasteiger charge is -2.08. The lowest BCUT2D eigenvalue weighted by Crippen LogP contribution is -1.93. The van der Waals surface area contributed by atoms with Crippen LogP contribution in [0.1, 0.15) is 0 Å². The Morgan fingerprint density at radius 3 is 2.78 bits per heavy atom. The molecule has 0 aliphatic carbocycles. The molecule has 0 unspecified atom stereocenters. The van der Waals surface area contributed by atoms with Crippen LogP contribution in [0.4, 0.5) is 5.69 Å². The van der Waals surface area contributed by atoms with Crippen molar-refractivity contribution >= 4 is 5.69 Å². The molecule has 0 spiro atoms. The van der Waals surface area contributed by atoms with Gasteiger partial charge in [-0.3, -0.25) is 10.1 Å². The van der Waals surface area contributed by atoms with Crippen LogP contribution in [0.3, 0.4) is 0 Å². The molecule has 2 aromatic rings. The number of hydrogen-bond donors (Lipinski definition) is 0. The monoisotopic (exact) mass is 245 g/mol. The average Bonchev–Trinajstić information content (AvgIpc) is 2.40. The minimum atomic E-state index is -0.519. The summed E-state index contributed by atoms with van der Waals surface area (Å²) >= 11 is 0. The number of benzene rings is 1. The van der Waals surface area contributed by atoms with Crippen molar-refractivity contribution in [2.24, 2.45) is 0 Å². The van der Waals surface area contributed by atoms with Gasteiger partial charge >= 0.3 is 0 Å². The first-order chi connectivity index (χ1) is 8.70. The average molecular weight is 245 g/mol. The summed E-state index contributed by atoms with van der Waals surface area (Å²) in [5, 5.41) is 10.5. The zero-order valence-electron chi connectivity index (χ0n) is 9.49. The van der Waals surface area contributed by atoms with E-state index in [-0.39, 0.29) is 11.6 Å². The van der Waals surface area contributed by atoms with Gasteiger partial charge in [0.15, 0.2) is 11.5 Å². The predicted octanol–water partition coefficient (Wildman–Crippen LogP) is 2.59. The largest absolute Gasteiger partial charge is 0.493 e. The van der Waals surface area contributed by atoms with E-state index in [4.69, 9.17) is 9.47 Å². The predicted molar refractivity (Wildman–Crippen MR) is 62.8 cm³/mol. The van der Waals surface area contributed by atoms with E-state index in [1.165, 1.54) is 19.2 Å². The van der Waals surface area contributed by atoms with Gasteiger partial charge in [0.25, 0.3) is 5.69 Å². The van der Waals surface area contributed by atoms with Crippen LogP contribution in [0.2, 0.25) is 0 Å². The first-order valence-electron chi connectivity index (χ1n) is 5.03. The molecular formula is C12H9N2O4. The molecule has 18 heavy (non-hydrogen) atoms. The SMILES string of the molecule is COc1c[c]ccc1Oc1ccc([N+](=O)[O-])cn1. The fourth-order valence-corrected chi connectivity index (χ4v) is 1.30. The molecule has 91 valence electrons. The third kappa shape index (κ3) is 2.54. The highest BCUT2D eigenvalue weighted by molar-refractivity contribution is 5.41. The normalized spacial score (nSPS) is 9.83. The first-order valence-corrected chi connectivity index (χ1v) is 5.03. The van der Waals surface area contributed by atoms with Gasteiger partial charge in [-0.2, -0.15) is 0 Å². The highest BCUT2D eigenvalue weighted by atomic mass is 16.6. The van der Waals surface area contributed by atoms with E-state index in [1.54, 1.807) is 18.2 Å². The van der Waals surface area contributed by atoms with Crippen LogP contribution in [-0.2, 0) is 0 Å². The second kappa shape index (κ2) is 5.13. The highest BCUT2D eigenvalue weighted by Crippen LogP contribution is 2.30. The summed E-state index contributed by atoms with van der Waals surface area (Å²) in [7, 11) is 1.51. The smallest absolute Gasteiger partial charge is 0.287 e. The molecule has 0 aliphatic rings. The van der Waals surface area contributed by atoms with Crippen molar-refractivity contribution in [3.8, 4) is 17.4 Å². The molecule has 1 aromatic heterocycles. The molecule has 0 amide bonds. The van der Waals surface area contributed by atoms with Crippen LogP contribution >= 0.6 is 0 Å². The molecule has 2 rings (SSSR count). The lowest BCUT2D eigenvalue weighted by molar-refractivity contribution is -0.385. The van der Waals surface area contributed by atoms with Crippen LogP contribution in [0.25, 0.3) is 0 Å². The number of rotatable bonds is 4. The van der Waals surface area contributed by atoms with Crippen molar-refractivity contribution in [1.29, 1.82) is 0 Å². The van der Waals surface area contributed by atoms with Gasteiger partial charge < -0.3 is 9.47 Å². The summed E-state index contributed by atoms with van der Waals surface area (Å²) in [6.45, 7) is 0. The zero-order chi connectivity index (χ0) is 13.0. The minimum absolute atomic E-state index is 0.0873. The van der Waals surface area contributed by atoms with Crippen LogP contribution in [-0.4, -0.2) is 17.0 Å². The molecule has 0 atom stereocenters. The minimum Gasteiger partial charge on any atom is -0.493 e. The van der Waals surface area contributed by atoms with Gasteiger partial charge in [-0.15, -0.1) is 0 Å².